The minimum absolute atomic E-state index is 0.0214. The van der Waals surface area contributed by atoms with Crippen LogP contribution in [0.25, 0.3) is 11.0 Å². The minimum Gasteiger partial charge on any atom is -0.378 e. The Labute approximate surface area is 166 Å². The summed E-state index contributed by atoms with van der Waals surface area (Å²) in [4.78, 5) is 18.9. The normalized spacial score (nSPS) is 11.9. The molecule has 1 N–H and O–H groups in total. The molecular weight excluding hydrogens is 383 g/mol. The number of fused-ring (bicyclic) bond motifs is 1. The lowest BCUT2D eigenvalue weighted by atomic mass is 10.1. The molecule has 0 aliphatic heterocycles. The molecule has 6 nitrogen and oxygen atoms in total. The Hall–Kier alpha value is -3.10. The van der Waals surface area contributed by atoms with E-state index in [-0.39, 0.29) is 17.3 Å². The molecule has 0 unspecified atom stereocenters. The third-order valence-corrected chi connectivity index (χ3v) is 4.50. The summed E-state index contributed by atoms with van der Waals surface area (Å²) in [5.41, 5.74) is 0.497. The first-order valence-corrected chi connectivity index (χ1v) is 9.04. The summed E-state index contributed by atoms with van der Waals surface area (Å²) >= 11 is 0. The van der Waals surface area contributed by atoms with Crippen LogP contribution in [0.3, 0.4) is 0 Å². The van der Waals surface area contributed by atoms with Crippen molar-refractivity contribution in [3.63, 3.8) is 0 Å². The highest BCUT2D eigenvalue weighted by Crippen LogP contribution is 2.37. The highest BCUT2D eigenvalue weighted by atomic mass is 19.4. The molecule has 0 radical (unpaired) electrons. The van der Waals surface area contributed by atoms with Crippen LogP contribution in [0.15, 0.2) is 30.5 Å². The SMILES string of the molecule is Cc1cc(C(=O)Nc2ccc(N(C)C)cc2C(F)(F)F)c2cnn(C(C)C)c2n1. The molecule has 0 atom stereocenters. The molecule has 0 aliphatic carbocycles. The van der Waals surface area contributed by atoms with Crippen molar-refractivity contribution < 1.29 is 18.0 Å². The fraction of sp³-hybridized carbons (Fsp3) is 0.350. The lowest BCUT2D eigenvalue weighted by molar-refractivity contribution is -0.136. The molecule has 3 rings (SSSR count). The zero-order valence-corrected chi connectivity index (χ0v) is 16.8. The number of nitrogens with one attached hydrogen (secondary N) is 1. The standard InChI is InChI=1S/C20H22F3N5O/c1-11(2)28-18-15(10-24-28)14(8-12(3)25-18)19(29)26-17-7-6-13(27(4)5)9-16(17)20(21,22)23/h6-11H,1-5H3,(H,26,29). The Morgan fingerprint density at radius 2 is 1.90 bits per heavy atom. The van der Waals surface area contributed by atoms with E-state index < -0.39 is 17.6 Å². The van der Waals surface area contributed by atoms with Crippen LogP contribution in [0.5, 0.6) is 0 Å². The maximum absolute atomic E-state index is 13.6. The summed E-state index contributed by atoms with van der Waals surface area (Å²) < 4.78 is 42.4. The van der Waals surface area contributed by atoms with Gasteiger partial charge in [-0.25, -0.2) is 9.67 Å². The van der Waals surface area contributed by atoms with E-state index in [4.69, 9.17) is 0 Å². The Balaban J connectivity index is 2.06. The lowest BCUT2D eigenvalue weighted by Gasteiger charge is -2.19. The molecule has 1 amide bonds. The van der Waals surface area contributed by atoms with Gasteiger partial charge in [-0.2, -0.15) is 18.3 Å². The van der Waals surface area contributed by atoms with Crippen LogP contribution in [-0.4, -0.2) is 34.8 Å². The predicted molar refractivity (Wildman–Crippen MR) is 106 cm³/mol. The Bertz CT molecular complexity index is 1070. The molecular formula is C20H22F3N5O. The number of carbonyl (C=O) groups is 1. The molecule has 0 saturated carbocycles. The van der Waals surface area contributed by atoms with E-state index in [9.17, 15) is 18.0 Å². The predicted octanol–water partition coefficient (Wildman–Crippen LogP) is 4.66. The van der Waals surface area contributed by atoms with Gasteiger partial charge in [0.2, 0.25) is 0 Å². The molecule has 29 heavy (non-hydrogen) atoms. The third kappa shape index (κ3) is 4.03. The number of hydrogen-bond donors (Lipinski definition) is 1. The van der Waals surface area contributed by atoms with E-state index in [0.29, 0.717) is 22.4 Å². The topological polar surface area (TPSA) is 63.1 Å². The Morgan fingerprint density at radius 1 is 1.21 bits per heavy atom. The van der Waals surface area contributed by atoms with Gasteiger partial charge in [0.1, 0.15) is 0 Å². The number of alkyl halides is 3. The molecule has 0 aliphatic rings. The molecule has 0 fully saturated rings. The first kappa shape index (κ1) is 20.6. The zero-order chi connectivity index (χ0) is 21.5. The Kier molecular flexibility index (Phi) is 5.25. The van der Waals surface area contributed by atoms with E-state index in [1.165, 1.54) is 18.3 Å². The van der Waals surface area contributed by atoms with Gasteiger partial charge in [-0.1, -0.05) is 0 Å². The van der Waals surface area contributed by atoms with Crippen LogP contribution in [-0.2, 0) is 6.18 Å². The number of aryl methyl sites for hydroxylation is 1. The number of nitrogens with zero attached hydrogens (tertiary/aromatic N) is 4. The zero-order valence-electron chi connectivity index (χ0n) is 16.8. The number of rotatable bonds is 4. The van der Waals surface area contributed by atoms with Gasteiger partial charge in [0.15, 0.2) is 5.65 Å². The van der Waals surface area contributed by atoms with Crippen molar-refractivity contribution in [2.24, 2.45) is 0 Å². The quantitative estimate of drug-likeness (QED) is 0.686. The van der Waals surface area contributed by atoms with Crippen LogP contribution >= 0.6 is 0 Å². The third-order valence-electron chi connectivity index (χ3n) is 4.50. The van der Waals surface area contributed by atoms with Gasteiger partial charge in [-0.15, -0.1) is 0 Å². The first-order chi connectivity index (χ1) is 13.5. The van der Waals surface area contributed by atoms with Crippen LogP contribution in [0, 0.1) is 6.92 Å². The summed E-state index contributed by atoms with van der Waals surface area (Å²) in [6.45, 7) is 5.58. The average Bonchev–Trinajstić information content (AvgIpc) is 3.04. The monoisotopic (exact) mass is 405 g/mol. The van der Waals surface area contributed by atoms with Gasteiger partial charge >= 0.3 is 6.18 Å². The fourth-order valence-electron chi connectivity index (χ4n) is 3.05. The number of aromatic nitrogens is 3. The maximum atomic E-state index is 13.6. The van der Waals surface area contributed by atoms with Gasteiger partial charge in [-0.3, -0.25) is 4.79 Å². The van der Waals surface area contributed by atoms with Crippen molar-refractivity contribution in [2.75, 3.05) is 24.3 Å². The van der Waals surface area contributed by atoms with Crippen molar-refractivity contribution >= 4 is 28.3 Å². The van der Waals surface area contributed by atoms with E-state index in [1.807, 2.05) is 13.8 Å². The van der Waals surface area contributed by atoms with Crippen LogP contribution < -0.4 is 10.2 Å². The van der Waals surface area contributed by atoms with Crippen molar-refractivity contribution in [2.45, 2.75) is 33.0 Å². The molecule has 154 valence electrons. The van der Waals surface area contributed by atoms with Crippen LogP contribution in [0.4, 0.5) is 24.5 Å². The summed E-state index contributed by atoms with van der Waals surface area (Å²) in [5.74, 6) is -0.646. The molecule has 2 heterocycles. The molecule has 3 aromatic rings. The van der Waals surface area contributed by atoms with Crippen LogP contribution in [0.2, 0.25) is 0 Å². The summed E-state index contributed by atoms with van der Waals surface area (Å²) in [6, 6.07) is 5.37. The second-order valence-electron chi connectivity index (χ2n) is 7.31. The average molecular weight is 405 g/mol. The fourth-order valence-corrected chi connectivity index (χ4v) is 3.05. The second kappa shape index (κ2) is 7.38. The van der Waals surface area contributed by atoms with Crippen molar-refractivity contribution in [3.8, 4) is 0 Å². The van der Waals surface area contributed by atoms with Gasteiger partial charge in [-0.05, 0) is 45.0 Å². The van der Waals surface area contributed by atoms with Gasteiger partial charge in [0, 0.05) is 31.5 Å². The summed E-state index contributed by atoms with van der Waals surface area (Å²) in [6.07, 6.45) is -3.10. The highest BCUT2D eigenvalue weighted by molar-refractivity contribution is 6.12. The number of amides is 1. The number of halogens is 3. The number of benzene rings is 1. The van der Waals surface area contributed by atoms with Gasteiger partial charge in [0.25, 0.3) is 5.91 Å². The number of hydrogen-bond acceptors (Lipinski definition) is 4. The molecule has 0 saturated heterocycles. The first-order valence-electron chi connectivity index (χ1n) is 9.04. The highest BCUT2D eigenvalue weighted by Gasteiger charge is 2.34. The van der Waals surface area contributed by atoms with E-state index in [0.717, 1.165) is 6.07 Å². The minimum atomic E-state index is -4.61. The van der Waals surface area contributed by atoms with Gasteiger partial charge < -0.3 is 10.2 Å². The second-order valence-corrected chi connectivity index (χ2v) is 7.31. The molecule has 1 aromatic carbocycles. The van der Waals surface area contributed by atoms with Gasteiger partial charge in [0.05, 0.1) is 28.4 Å². The molecule has 2 aromatic heterocycles. The number of pyridine rings is 1. The Morgan fingerprint density at radius 3 is 2.48 bits per heavy atom. The van der Waals surface area contributed by atoms with E-state index in [1.54, 1.807) is 36.7 Å². The number of carbonyl (C=O) groups excluding carboxylic acids is 1. The maximum Gasteiger partial charge on any atom is 0.418 e. The summed E-state index contributed by atoms with van der Waals surface area (Å²) in [5, 5.41) is 7.16. The van der Waals surface area contributed by atoms with Crippen molar-refractivity contribution in [3.05, 3.63) is 47.3 Å². The summed E-state index contributed by atoms with van der Waals surface area (Å²) in [7, 11) is 3.30. The van der Waals surface area contributed by atoms with E-state index >= 15 is 0 Å². The van der Waals surface area contributed by atoms with E-state index in [2.05, 4.69) is 15.4 Å². The van der Waals surface area contributed by atoms with Crippen LogP contribution in [0.1, 0.15) is 41.5 Å². The van der Waals surface area contributed by atoms with Crippen molar-refractivity contribution in [1.29, 1.82) is 0 Å². The molecule has 9 heteroatoms. The van der Waals surface area contributed by atoms with Crippen molar-refractivity contribution in [1.82, 2.24) is 14.8 Å². The lowest BCUT2D eigenvalue weighted by Crippen LogP contribution is -2.18. The molecule has 0 spiro atoms. The molecule has 0 bridgehead atoms. The largest absolute Gasteiger partial charge is 0.418 e. The smallest absolute Gasteiger partial charge is 0.378 e. The number of anilines is 2.